The van der Waals surface area contributed by atoms with Crippen LogP contribution in [0.2, 0.25) is 0 Å². The van der Waals surface area contributed by atoms with Crippen LogP contribution in [-0.4, -0.2) is 5.88 Å². The standard InChI is InChI=1S/C12H13ClF2/c13-8-12(2-1-3-12)7-9-4-10(14)6-11(15)5-9/h4-6H,1-3,7-8H2. The van der Waals surface area contributed by atoms with Crippen molar-refractivity contribution in [3.8, 4) is 0 Å². The van der Waals surface area contributed by atoms with Gasteiger partial charge in [0.1, 0.15) is 11.6 Å². The molecule has 0 radical (unpaired) electrons. The highest BCUT2D eigenvalue weighted by atomic mass is 35.5. The van der Waals surface area contributed by atoms with E-state index >= 15 is 0 Å². The number of halogens is 3. The Balaban J connectivity index is 2.16. The van der Waals surface area contributed by atoms with E-state index in [-0.39, 0.29) is 5.41 Å². The Bertz CT molecular complexity index is 333. The minimum absolute atomic E-state index is 0.0851. The summed E-state index contributed by atoms with van der Waals surface area (Å²) in [6.45, 7) is 0. The SMILES string of the molecule is Fc1cc(F)cc(CC2(CCl)CCC2)c1. The largest absolute Gasteiger partial charge is 0.207 e. The summed E-state index contributed by atoms with van der Waals surface area (Å²) >= 11 is 5.90. The van der Waals surface area contributed by atoms with Gasteiger partial charge < -0.3 is 0 Å². The van der Waals surface area contributed by atoms with E-state index in [2.05, 4.69) is 0 Å². The molecule has 0 spiro atoms. The van der Waals surface area contributed by atoms with Crippen LogP contribution in [0.3, 0.4) is 0 Å². The molecule has 0 saturated heterocycles. The topological polar surface area (TPSA) is 0 Å². The average molecular weight is 231 g/mol. The summed E-state index contributed by atoms with van der Waals surface area (Å²) in [5.74, 6) is -0.436. The van der Waals surface area contributed by atoms with Crippen LogP contribution in [0.1, 0.15) is 24.8 Å². The molecular weight excluding hydrogens is 218 g/mol. The van der Waals surface area contributed by atoms with Crippen LogP contribution in [-0.2, 0) is 6.42 Å². The van der Waals surface area contributed by atoms with Gasteiger partial charge in [-0.3, -0.25) is 0 Å². The van der Waals surface area contributed by atoms with Crippen LogP contribution in [0, 0.1) is 17.0 Å². The zero-order valence-electron chi connectivity index (χ0n) is 8.40. The molecule has 1 aliphatic rings. The van der Waals surface area contributed by atoms with E-state index in [1.165, 1.54) is 18.6 Å². The smallest absolute Gasteiger partial charge is 0.126 e. The van der Waals surface area contributed by atoms with Crippen LogP contribution in [0.4, 0.5) is 8.78 Å². The molecule has 1 aromatic carbocycles. The zero-order valence-corrected chi connectivity index (χ0v) is 9.16. The predicted molar refractivity (Wildman–Crippen MR) is 57.1 cm³/mol. The van der Waals surface area contributed by atoms with Crippen LogP contribution in [0.25, 0.3) is 0 Å². The molecule has 0 atom stereocenters. The molecule has 1 aromatic rings. The first-order chi connectivity index (χ1) is 7.13. The molecule has 1 fully saturated rings. The second kappa shape index (κ2) is 4.09. The minimum atomic E-state index is -0.506. The monoisotopic (exact) mass is 230 g/mol. The van der Waals surface area contributed by atoms with Gasteiger partial charge in [-0.2, -0.15) is 0 Å². The molecule has 0 aromatic heterocycles. The highest BCUT2D eigenvalue weighted by Gasteiger charge is 2.36. The third-order valence-electron chi connectivity index (χ3n) is 3.20. The summed E-state index contributed by atoms with van der Waals surface area (Å²) < 4.78 is 25.9. The van der Waals surface area contributed by atoms with Gasteiger partial charge >= 0.3 is 0 Å². The molecule has 3 heteroatoms. The fraction of sp³-hybridized carbons (Fsp3) is 0.500. The van der Waals surface area contributed by atoms with Crippen molar-refractivity contribution in [2.45, 2.75) is 25.7 Å². The number of hydrogen-bond acceptors (Lipinski definition) is 0. The summed E-state index contributed by atoms with van der Waals surface area (Å²) in [6, 6.07) is 3.70. The van der Waals surface area contributed by atoms with Gasteiger partial charge in [0.05, 0.1) is 0 Å². The van der Waals surface area contributed by atoms with E-state index in [1.807, 2.05) is 0 Å². The molecule has 0 nitrogen and oxygen atoms in total. The van der Waals surface area contributed by atoms with Crippen molar-refractivity contribution in [2.24, 2.45) is 5.41 Å². The van der Waals surface area contributed by atoms with Gasteiger partial charge in [-0.15, -0.1) is 11.6 Å². The molecule has 0 N–H and O–H groups in total. The fourth-order valence-corrected chi connectivity index (χ4v) is 2.54. The number of hydrogen-bond donors (Lipinski definition) is 0. The van der Waals surface area contributed by atoms with Gasteiger partial charge in [0, 0.05) is 11.9 Å². The molecule has 1 saturated carbocycles. The van der Waals surface area contributed by atoms with Crippen molar-refractivity contribution in [2.75, 3.05) is 5.88 Å². The molecule has 2 rings (SSSR count). The molecule has 0 amide bonds. The summed E-state index contributed by atoms with van der Waals surface area (Å²) in [6.07, 6.45) is 3.99. The molecule has 0 bridgehead atoms. The van der Waals surface area contributed by atoms with E-state index in [0.29, 0.717) is 17.9 Å². The van der Waals surface area contributed by atoms with Crippen molar-refractivity contribution in [1.29, 1.82) is 0 Å². The summed E-state index contributed by atoms with van der Waals surface area (Å²) in [4.78, 5) is 0. The fourth-order valence-electron chi connectivity index (χ4n) is 2.18. The highest BCUT2D eigenvalue weighted by Crippen LogP contribution is 2.44. The molecule has 0 heterocycles. The molecule has 15 heavy (non-hydrogen) atoms. The second-order valence-corrected chi connectivity index (χ2v) is 4.71. The minimum Gasteiger partial charge on any atom is -0.207 e. The quantitative estimate of drug-likeness (QED) is 0.691. The van der Waals surface area contributed by atoms with E-state index in [4.69, 9.17) is 11.6 Å². The Hall–Kier alpha value is -0.630. The van der Waals surface area contributed by atoms with Gasteiger partial charge in [0.25, 0.3) is 0 Å². The first-order valence-corrected chi connectivity index (χ1v) is 5.68. The maximum atomic E-state index is 13.0. The van der Waals surface area contributed by atoms with Crippen molar-refractivity contribution in [1.82, 2.24) is 0 Å². The van der Waals surface area contributed by atoms with Gasteiger partial charge in [-0.25, -0.2) is 8.78 Å². The van der Waals surface area contributed by atoms with Crippen molar-refractivity contribution >= 4 is 11.6 Å². The lowest BCUT2D eigenvalue weighted by molar-refractivity contribution is 0.166. The van der Waals surface area contributed by atoms with Crippen LogP contribution in [0.5, 0.6) is 0 Å². The maximum absolute atomic E-state index is 13.0. The number of rotatable bonds is 3. The van der Waals surface area contributed by atoms with Gasteiger partial charge in [-0.1, -0.05) is 6.42 Å². The Morgan fingerprint density at radius 2 is 1.73 bits per heavy atom. The van der Waals surface area contributed by atoms with Crippen LogP contribution >= 0.6 is 11.6 Å². The first kappa shape index (κ1) is 10.9. The maximum Gasteiger partial charge on any atom is 0.126 e. The Morgan fingerprint density at radius 1 is 1.13 bits per heavy atom. The molecular formula is C12H13ClF2. The summed E-state index contributed by atoms with van der Waals surface area (Å²) in [7, 11) is 0. The van der Waals surface area contributed by atoms with Gasteiger partial charge in [-0.05, 0) is 42.4 Å². The summed E-state index contributed by atoms with van der Waals surface area (Å²) in [5.41, 5.74) is 0.801. The molecule has 82 valence electrons. The molecule has 0 unspecified atom stereocenters. The Labute approximate surface area is 93.2 Å². The zero-order chi connectivity index (χ0) is 10.9. The first-order valence-electron chi connectivity index (χ1n) is 5.15. The highest BCUT2D eigenvalue weighted by molar-refractivity contribution is 6.18. The number of alkyl halides is 1. The van der Waals surface area contributed by atoms with Crippen molar-refractivity contribution in [3.63, 3.8) is 0 Å². The normalized spacial score (nSPS) is 18.6. The third-order valence-corrected chi connectivity index (χ3v) is 3.77. The van der Waals surface area contributed by atoms with Crippen molar-refractivity contribution in [3.05, 3.63) is 35.4 Å². The predicted octanol–water partition coefficient (Wildman–Crippen LogP) is 3.92. The average Bonchev–Trinajstić information content (AvgIpc) is 2.10. The van der Waals surface area contributed by atoms with Gasteiger partial charge in [0.2, 0.25) is 0 Å². The lowest BCUT2D eigenvalue weighted by Gasteiger charge is -2.40. The van der Waals surface area contributed by atoms with Crippen molar-refractivity contribution < 1.29 is 8.78 Å². The molecule has 0 aliphatic heterocycles. The Morgan fingerprint density at radius 3 is 2.13 bits per heavy atom. The lowest BCUT2D eigenvalue weighted by Crippen LogP contribution is -2.33. The van der Waals surface area contributed by atoms with E-state index in [9.17, 15) is 8.78 Å². The lowest BCUT2D eigenvalue weighted by atomic mass is 9.67. The summed E-state index contributed by atoms with van der Waals surface area (Å²) in [5, 5.41) is 0. The van der Waals surface area contributed by atoms with Gasteiger partial charge in [0.15, 0.2) is 0 Å². The molecule has 1 aliphatic carbocycles. The van der Waals surface area contributed by atoms with Crippen LogP contribution < -0.4 is 0 Å². The third kappa shape index (κ3) is 2.31. The van der Waals surface area contributed by atoms with E-state index in [0.717, 1.165) is 18.9 Å². The number of benzene rings is 1. The van der Waals surface area contributed by atoms with E-state index in [1.54, 1.807) is 0 Å². The second-order valence-electron chi connectivity index (χ2n) is 4.44. The van der Waals surface area contributed by atoms with Crippen LogP contribution in [0.15, 0.2) is 18.2 Å². The van der Waals surface area contributed by atoms with E-state index < -0.39 is 11.6 Å². The Kier molecular flexibility index (Phi) is 2.96.